The summed E-state index contributed by atoms with van der Waals surface area (Å²) in [4.78, 5) is 11.7. The maximum Gasteiger partial charge on any atom is 0.352 e. The number of nitrogens with zero attached hydrogens (tertiary/aromatic N) is 2. The number of urea groups is 1. The molecule has 0 spiro atoms. The molecule has 0 saturated heterocycles. The minimum atomic E-state index is -0.513. The number of methoxy groups -OCH3 is 1. The Morgan fingerprint density at radius 1 is 1.47 bits per heavy atom. The van der Waals surface area contributed by atoms with Gasteiger partial charge in [-0.2, -0.15) is 0 Å². The second-order valence-corrected chi connectivity index (χ2v) is 3.92. The van der Waals surface area contributed by atoms with Gasteiger partial charge in [0.15, 0.2) is 0 Å². The third kappa shape index (κ3) is 2.87. The Bertz CT molecular complexity index is 411. The summed E-state index contributed by atoms with van der Waals surface area (Å²) < 4.78 is 5.20. The Morgan fingerprint density at radius 3 is 2.59 bits per heavy atom. The molecule has 7 heteroatoms. The van der Waals surface area contributed by atoms with Gasteiger partial charge in [0, 0.05) is 17.9 Å². The van der Waals surface area contributed by atoms with Crippen molar-refractivity contribution < 1.29 is 9.53 Å². The van der Waals surface area contributed by atoms with Gasteiger partial charge in [-0.05, 0) is 12.1 Å². The van der Waals surface area contributed by atoms with Gasteiger partial charge in [0.2, 0.25) is 0 Å². The van der Waals surface area contributed by atoms with Gasteiger partial charge in [-0.15, -0.1) is 0 Å². The van der Waals surface area contributed by atoms with Crippen LogP contribution in [0.25, 0.3) is 0 Å². The molecule has 0 aliphatic rings. The molecule has 0 atom stereocenters. The van der Waals surface area contributed by atoms with E-state index in [1.165, 1.54) is 7.05 Å². The number of nitrogens with two attached hydrogens (primary N) is 2. The van der Waals surface area contributed by atoms with Crippen LogP contribution in [0.1, 0.15) is 5.56 Å². The molecule has 0 bridgehead atoms. The molecule has 0 aliphatic heterocycles. The third-order valence-corrected chi connectivity index (χ3v) is 2.79. The van der Waals surface area contributed by atoms with Gasteiger partial charge in [-0.1, -0.05) is 22.0 Å². The number of hydrogen-bond donors (Lipinski definition) is 2. The van der Waals surface area contributed by atoms with Gasteiger partial charge in [0.25, 0.3) is 0 Å². The fraction of sp³-hybridized carbons (Fsp3) is 0.300. The number of amides is 2. The fourth-order valence-corrected chi connectivity index (χ4v) is 1.94. The van der Waals surface area contributed by atoms with E-state index < -0.39 is 6.03 Å². The molecule has 2 amide bonds. The van der Waals surface area contributed by atoms with Crippen molar-refractivity contribution in [1.29, 1.82) is 0 Å². The molecular weight excluding hydrogens is 288 g/mol. The van der Waals surface area contributed by atoms with Gasteiger partial charge in [-0.3, -0.25) is 5.01 Å². The van der Waals surface area contributed by atoms with Crippen LogP contribution in [0, 0.1) is 0 Å². The van der Waals surface area contributed by atoms with Crippen molar-refractivity contribution in [2.45, 2.75) is 5.33 Å². The lowest BCUT2D eigenvalue weighted by molar-refractivity contribution is 0.216. The average Bonchev–Trinajstić information content (AvgIpc) is 2.35. The molecule has 0 fully saturated rings. The van der Waals surface area contributed by atoms with Crippen molar-refractivity contribution in [1.82, 2.24) is 5.01 Å². The van der Waals surface area contributed by atoms with Crippen LogP contribution in [0.15, 0.2) is 18.2 Å². The number of halogens is 1. The molecule has 6 nitrogen and oxygen atoms in total. The Kier molecular flexibility index (Phi) is 4.73. The van der Waals surface area contributed by atoms with E-state index in [0.717, 1.165) is 15.6 Å². The monoisotopic (exact) mass is 302 g/mol. The predicted molar refractivity (Wildman–Crippen MR) is 69.6 cm³/mol. The van der Waals surface area contributed by atoms with Gasteiger partial charge < -0.3 is 4.74 Å². The van der Waals surface area contributed by atoms with Crippen LogP contribution < -0.4 is 21.4 Å². The molecule has 94 valence electrons. The highest BCUT2D eigenvalue weighted by Gasteiger charge is 2.19. The number of alkyl halides is 1. The number of rotatable bonds is 3. The molecule has 0 radical (unpaired) electrons. The minimum absolute atomic E-state index is 0.513. The number of hydrogen-bond acceptors (Lipinski definition) is 4. The third-order valence-electron chi connectivity index (χ3n) is 2.23. The van der Waals surface area contributed by atoms with Crippen LogP contribution >= 0.6 is 15.9 Å². The summed E-state index contributed by atoms with van der Waals surface area (Å²) in [5, 5.41) is 2.41. The SMILES string of the molecule is COc1cccc(N(N)C(=O)N(C)N)c1CBr. The highest BCUT2D eigenvalue weighted by molar-refractivity contribution is 9.08. The lowest BCUT2D eigenvalue weighted by Gasteiger charge is -2.23. The van der Waals surface area contributed by atoms with Gasteiger partial charge in [-0.25, -0.2) is 21.5 Å². The number of benzene rings is 1. The Hall–Kier alpha value is -1.31. The van der Waals surface area contributed by atoms with E-state index in [4.69, 9.17) is 16.4 Å². The van der Waals surface area contributed by atoms with Crippen LogP contribution in [-0.4, -0.2) is 25.2 Å². The van der Waals surface area contributed by atoms with Crippen molar-refractivity contribution in [2.24, 2.45) is 11.7 Å². The first-order valence-corrected chi connectivity index (χ1v) is 5.94. The van der Waals surface area contributed by atoms with Gasteiger partial charge in [0.05, 0.1) is 12.8 Å². The van der Waals surface area contributed by atoms with Crippen molar-refractivity contribution >= 4 is 27.6 Å². The van der Waals surface area contributed by atoms with Crippen LogP contribution in [0.3, 0.4) is 0 Å². The maximum absolute atomic E-state index is 11.7. The summed E-state index contributed by atoms with van der Waals surface area (Å²) in [7, 11) is 2.99. The smallest absolute Gasteiger partial charge is 0.352 e. The van der Waals surface area contributed by atoms with Crippen molar-refractivity contribution in [3.05, 3.63) is 23.8 Å². The number of carbonyl (C=O) groups is 1. The quantitative estimate of drug-likeness (QED) is 0.380. The molecule has 0 heterocycles. The number of ether oxygens (including phenoxy) is 1. The zero-order valence-electron chi connectivity index (χ0n) is 9.68. The molecule has 1 aromatic carbocycles. The van der Waals surface area contributed by atoms with E-state index in [0.29, 0.717) is 16.8 Å². The first kappa shape index (κ1) is 13.8. The van der Waals surface area contributed by atoms with Crippen molar-refractivity contribution in [3.8, 4) is 5.75 Å². The van der Waals surface area contributed by atoms with E-state index in [9.17, 15) is 4.79 Å². The van der Waals surface area contributed by atoms with Crippen molar-refractivity contribution in [2.75, 3.05) is 19.2 Å². The summed E-state index contributed by atoms with van der Waals surface area (Å²) in [5.74, 6) is 11.7. The van der Waals surface area contributed by atoms with Gasteiger partial charge in [0.1, 0.15) is 5.75 Å². The topological polar surface area (TPSA) is 84.8 Å². The lowest BCUT2D eigenvalue weighted by Crippen LogP contribution is -2.48. The van der Waals surface area contributed by atoms with E-state index >= 15 is 0 Å². The summed E-state index contributed by atoms with van der Waals surface area (Å²) in [6.07, 6.45) is 0. The fourth-order valence-electron chi connectivity index (χ4n) is 1.38. The largest absolute Gasteiger partial charge is 0.496 e. The van der Waals surface area contributed by atoms with E-state index in [1.807, 2.05) is 0 Å². The summed E-state index contributed by atoms with van der Waals surface area (Å²) in [6, 6.07) is 4.76. The van der Waals surface area contributed by atoms with Gasteiger partial charge >= 0.3 is 6.03 Å². The molecule has 1 rings (SSSR count). The minimum Gasteiger partial charge on any atom is -0.496 e. The molecule has 1 aromatic rings. The first-order chi connectivity index (χ1) is 8.02. The average molecular weight is 303 g/mol. The normalized spacial score (nSPS) is 9.94. The standard InChI is InChI=1S/C10H15BrN4O2/c1-14(12)10(16)15(13)8-4-3-5-9(17-2)7(8)6-11/h3-5H,6,12-13H2,1-2H3. The molecular formula is C10H15BrN4O2. The number of hydrazine groups is 2. The van der Waals surface area contributed by atoms with E-state index in [1.54, 1.807) is 25.3 Å². The predicted octanol–water partition coefficient (Wildman–Crippen LogP) is 1.20. The van der Waals surface area contributed by atoms with Crippen LogP contribution in [0.5, 0.6) is 5.75 Å². The van der Waals surface area contributed by atoms with E-state index in [-0.39, 0.29) is 0 Å². The molecule has 0 saturated carbocycles. The highest BCUT2D eigenvalue weighted by Crippen LogP contribution is 2.30. The van der Waals surface area contributed by atoms with E-state index in [2.05, 4.69) is 15.9 Å². The zero-order valence-corrected chi connectivity index (χ0v) is 11.3. The maximum atomic E-state index is 11.7. The summed E-state index contributed by atoms with van der Waals surface area (Å²) >= 11 is 3.34. The molecule has 0 aromatic heterocycles. The summed E-state index contributed by atoms with van der Waals surface area (Å²) in [6.45, 7) is 0. The Morgan fingerprint density at radius 2 is 2.12 bits per heavy atom. The van der Waals surface area contributed by atoms with Crippen LogP contribution in [-0.2, 0) is 5.33 Å². The molecule has 17 heavy (non-hydrogen) atoms. The van der Waals surface area contributed by atoms with Crippen LogP contribution in [0.2, 0.25) is 0 Å². The lowest BCUT2D eigenvalue weighted by atomic mass is 10.2. The molecule has 4 N–H and O–H groups in total. The number of carbonyl (C=O) groups excluding carboxylic acids is 1. The Balaban J connectivity index is 3.17. The molecule has 0 aliphatic carbocycles. The first-order valence-electron chi connectivity index (χ1n) is 4.82. The molecule has 0 unspecified atom stereocenters. The van der Waals surface area contributed by atoms with Crippen molar-refractivity contribution in [3.63, 3.8) is 0 Å². The second-order valence-electron chi connectivity index (χ2n) is 3.36. The Labute approximate surface area is 108 Å². The zero-order chi connectivity index (χ0) is 13.0. The number of anilines is 1. The summed E-state index contributed by atoms with van der Waals surface area (Å²) in [5.41, 5.74) is 1.33. The second kappa shape index (κ2) is 5.85. The highest BCUT2D eigenvalue weighted by atomic mass is 79.9. The van der Waals surface area contributed by atoms with Crippen LogP contribution in [0.4, 0.5) is 10.5 Å².